The molecular weight excluding hydrogens is 877 g/mol. The van der Waals surface area contributed by atoms with Gasteiger partial charge in [0, 0.05) is 84.4 Å². The largest absolute Gasteiger partial charge is 0.390 e. The van der Waals surface area contributed by atoms with Gasteiger partial charge in [0.05, 0.1) is 24.3 Å². The number of aliphatic hydroxyl groups excluding tert-OH is 2. The van der Waals surface area contributed by atoms with Crippen LogP contribution in [0.25, 0.3) is 0 Å². The molecule has 4 aromatic rings. The van der Waals surface area contributed by atoms with E-state index < -0.39 is 35.1 Å². The molecule has 0 spiro atoms. The molecule has 4 aromatic carbocycles. The third kappa shape index (κ3) is 13.9. The van der Waals surface area contributed by atoms with Crippen LogP contribution in [0.5, 0.6) is 0 Å². The molecule has 8 N–H and O–H groups in total. The molecular formula is C58H78N6O6. The Bertz CT molecular complexity index is 2230. The van der Waals surface area contributed by atoms with Crippen molar-refractivity contribution in [2.75, 3.05) is 23.7 Å². The lowest BCUT2D eigenvalue weighted by atomic mass is 9.70. The molecule has 0 aliphatic heterocycles. The summed E-state index contributed by atoms with van der Waals surface area (Å²) >= 11 is 0. The standard InChI is InChI=1S/2C29H39N3O3/c2*1-19(33)31-25(15-20-9-5-4-6-10-20)27(34)18-30-26-17-29(2,3)28(35)23-14-13-22(16-24(23)26)32-21-11-7-8-12-21/h2*4-6,9-10,13-14,16,21,25-27,30,32,34H,7-8,11-12,15,17-18H2,1-3H3,(H,31,33)/t25-,26+,27+;25-,26-,27+/m00/s1. The predicted octanol–water partition coefficient (Wildman–Crippen LogP) is 8.79. The van der Waals surface area contributed by atoms with Gasteiger partial charge in [0.2, 0.25) is 11.8 Å². The van der Waals surface area contributed by atoms with Gasteiger partial charge in [-0.25, -0.2) is 0 Å². The predicted molar refractivity (Wildman–Crippen MR) is 279 cm³/mol. The second kappa shape index (κ2) is 23.7. The van der Waals surface area contributed by atoms with E-state index in [1.807, 2.05) is 113 Å². The number of anilines is 2. The van der Waals surface area contributed by atoms with Crippen molar-refractivity contribution in [2.45, 2.75) is 167 Å². The monoisotopic (exact) mass is 955 g/mol. The highest BCUT2D eigenvalue weighted by Gasteiger charge is 2.41. The highest BCUT2D eigenvalue weighted by Crippen LogP contribution is 2.43. The SMILES string of the molecule is CC(=O)N[C@@H](Cc1ccccc1)[C@H](O)CN[C@@H]1CC(C)(C)C(=O)c2ccc(NC3CCCC3)cc21.CC(=O)N[C@@H](Cc1ccccc1)[C@H](O)CN[C@H]1CC(C)(C)C(=O)c2ccc(NC3CCCC3)cc21. The Labute approximate surface area is 416 Å². The Morgan fingerprint density at radius 2 is 0.914 bits per heavy atom. The molecule has 376 valence electrons. The first-order chi connectivity index (χ1) is 33.5. The molecule has 2 fully saturated rings. The number of benzene rings is 4. The molecule has 2 saturated carbocycles. The van der Waals surface area contributed by atoms with Gasteiger partial charge in [0.1, 0.15) is 0 Å². The quantitative estimate of drug-likeness (QED) is 0.0481. The molecule has 4 aliphatic carbocycles. The number of hydrogen-bond donors (Lipinski definition) is 8. The van der Waals surface area contributed by atoms with Crippen molar-refractivity contribution >= 4 is 34.8 Å². The van der Waals surface area contributed by atoms with Crippen LogP contribution in [0.2, 0.25) is 0 Å². The van der Waals surface area contributed by atoms with Gasteiger partial charge in [-0.15, -0.1) is 0 Å². The maximum absolute atomic E-state index is 13.2. The number of ketones is 2. The minimum absolute atomic E-state index is 0.0626. The topological polar surface area (TPSA) is 181 Å². The van der Waals surface area contributed by atoms with Crippen molar-refractivity contribution in [3.8, 4) is 0 Å². The minimum Gasteiger partial charge on any atom is -0.390 e. The molecule has 8 rings (SSSR count). The Morgan fingerprint density at radius 3 is 1.26 bits per heavy atom. The van der Waals surface area contributed by atoms with Crippen molar-refractivity contribution in [3.05, 3.63) is 130 Å². The number of Topliss-reactive ketones (excluding diaryl/α,β-unsaturated/α-hetero) is 2. The lowest BCUT2D eigenvalue weighted by Crippen LogP contribution is -2.49. The van der Waals surface area contributed by atoms with Crippen LogP contribution < -0.4 is 31.9 Å². The van der Waals surface area contributed by atoms with Gasteiger partial charge < -0.3 is 42.1 Å². The van der Waals surface area contributed by atoms with Gasteiger partial charge in [-0.05, 0) is 110 Å². The molecule has 0 bridgehead atoms. The Balaban J connectivity index is 0.000000206. The second-order valence-corrected chi connectivity index (χ2v) is 21.7. The van der Waals surface area contributed by atoms with Gasteiger partial charge in [-0.1, -0.05) is 114 Å². The summed E-state index contributed by atoms with van der Waals surface area (Å²) in [7, 11) is 0. The molecule has 0 saturated heterocycles. The van der Waals surface area contributed by atoms with Crippen LogP contribution in [0, 0.1) is 10.8 Å². The number of aliphatic hydroxyl groups is 2. The maximum atomic E-state index is 13.2. The number of hydrogen-bond acceptors (Lipinski definition) is 10. The third-order valence-electron chi connectivity index (χ3n) is 14.9. The lowest BCUT2D eigenvalue weighted by Gasteiger charge is -2.37. The molecule has 12 nitrogen and oxygen atoms in total. The first-order valence-corrected chi connectivity index (χ1v) is 25.8. The highest BCUT2D eigenvalue weighted by molar-refractivity contribution is 6.03. The van der Waals surface area contributed by atoms with E-state index in [0.29, 0.717) is 50.9 Å². The van der Waals surface area contributed by atoms with E-state index in [0.717, 1.165) is 44.8 Å². The summed E-state index contributed by atoms with van der Waals surface area (Å²) in [5.74, 6) is 0.00198. The zero-order chi connectivity index (χ0) is 50.0. The van der Waals surface area contributed by atoms with Crippen LogP contribution in [0.15, 0.2) is 97.1 Å². The Kier molecular flexibility index (Phi) is 17.7. The summed E-state index contributed by atoms with van der Waals surface area (Å²) in [6, 6.07) is 32.0. The minimum atomic E-state index is -0.775. The molecule has 0 radical (unpaired) electrons. The van der Waals surface area contributed by atoms with Gasteiger partial charge in [-0.2, -0.15) is 0 Å². The van der Waals surface area contributed by atoms with E-state index in [4.69, 9.17) is 0 Å². The summed E-state index contributed by atoms with van der Waals surface area (Å²) in [5.41, 5.74) is 6.73. The van der Waals surface area contributed by atoms with Crippen LogP contribution in [-0.4, -0.2) is 83.1 Å². The summed E-state index contributed by atoms with van der Waals surface area (Å²) in [6.45, 7) is 11.5. The van der Waals surface area contributed by atoms with Crippen LogP contribution in [0.3, 0.4) is 0 Å². The van der Waals surface area contributed by atoms with Crippen LogP contribution in [-0.2, 0) is 22.4 Å². The van der Waals surface area contributed by atoms with Crippen molar-refractivity contribution in [1.29, 1.82) is 0 Å². The van der Waals surface area contributed by atoms with Crippen LogP contribution >= 0.6 is 0 Å². The fraction of sp³-hybridized carbons (Fsp3) is 0.517. The average molecular weight is 955 g/mol. The summed E-state index contributed by atoms with van der Waals surface area (Å²) in [6.07, 6.45) is 10.6. The van der Waals surface area contributed by atoms with Crippen LogP contribution in [0.1, 0.15) is 161 Å². The first-order valence-electron chi connectivity index (χ1n) is 25.8. The van der Waals surface area contributed by atoms with Gasteiger partial charge >= 0.3 is 0 Å². The van der Waals surface area contributed by atoms with Gasteiger partial charge in [0.15, 0.2) is 11.6 Å². The van der Waals surface area contributed by atoms with Crippen LogP contribution in [0.4, 0.5) is 11.4 Å². The molecule has 0 aromatic heterocycles. The third-order valence-corrected chi connectivity index (χ3v) is 14.9. The summed E-state index contributed by atoms with van der Waals surface area (Å²) < 4.78 is 0. The smallest absolute Gasteiger partial charge is 0.217 e. The fourth-order valence-corrected chi connectivity index (χ4v) is 11.1. The number of nitrogens with one attached hydrogen (secondary N) is 6. The number of fused-ring (bicyclic) bond motifs is 2. The summed E-state index contributed by atoms with van der Waals surface area (Å²) in [5, 5.41) is 42.3. The zero-order valence-electron chi connectivity index (χ0n) is 42.3. The molecule has 70 heavy (non-hydrogen) atoms. The molecule has 12 heteroatoms. The molecule has 0 heterocycles. The van der Waals surface area contributed by atoms with Crippen molar-refractivity contribution < 1.29 is 29.4 Å². The van der Waals surface area contributed by atoms with E-state index in [9.17, 15) is 29.4 Å². The normalized spacial score (nSPS) is 21.3. The number of carbonyl (C=O) groups is 4. The fourth-order valence-electron chi connectivity index (χ4n) is 11.1. The molecule has 6 atom stereocenters. The van der Waals surface area contributed by atoms with Gasteiger partial charge in [0.25, 0.3) is 0 Å². The first kappa shape index (κ1) is 52.4. The zero-order valence-corrected chi connectivity index (χ0v) is 42.3. The number of rotatable bonds is 18. The lowest BCUT2D eigenvalue weighted by molar-refractivity contribution is -0.121. The van der Waals surface area contributed by atoms with E-state index in [-0.39, 0.29) is 35.5 Å². The number of amides is 2. The molecule has 2 amide bonds. The average Bonchev–Trinajstić information content (AvgIpc) is 4.05. The van der Waals surface area contributed by atoms with E-state index in [2.05, 4.69) is 44.0 Å². The molecule has 0 unspecified atom stereocenters. The van der Waals surface area contributed by atoms with E-state index in [1.54, 1.807) is 0 Å². The van der Waals surface area contributed by atoms with Gasteiger partial charge in [-0.3, -0.25) is 19.2 Å². The Hall–Kier alpha value is -5.40. The van der Waals surface area contributed by atoms with E-state index in [1.165, 1.54) is 65.2 Å². The highest BCUT2D eigenvalue weighted by atomic mass is 16.3. The maximum Gasteiger partial charge on any atom is 0.217 e. The molecule has 4 aliphatic rings. The number of carbonyl (C=O) groups excluding carboxylic acids is 4. The van der Waals surface area contributed by atoms with Crippen molar-refractivity contribution in [1.82, 2.24) is 21.3 Å². The van der Waals surface area contributed by atoms with E-state index >= 15 is 0 Å². The second-order valence-electron chi connectivity index (χ2n) is 21.7. The van der Waals surface area contributed by atoms with Crippen molar-refractivity contribution in [3.63, 3.8) is 0 Å². The Morgan fingerprint density at radius 1 is 0.557 bits per heavy atom. The summed E-state index contributed by atoms with van der Waals surface area (Å²) in [4.78, 5) is 50.0. The van der Waals surface area contributed by atoms with Crippen molar-refractivity contribution in [2.24, 2.45) is 10.8 Å².